The SMILES string of the molecule is Sc1ccbcc1. The Bertz CT molecular complexity index is 138. The molecule has 0 saturated carbocycles. The molecule has 0 amide bonds. The van der Waals surface area contributed by atoms with Crippen LogP contribution in [0.25, 0.3) is 0 Å². The molecule has 1 heterocycles. The fourth-order valence-electron chi connectivity index (χ4n) is 0.428. The van der Waals surface area contributed by atoms with Crippen molar-refractivity contribution in [3.63, 3.8) is 0 Å². The average molecular weight is 108 g/mol. The van der Waals surface area contributed by atoms with Gasteiger partial charge in [0, 0.05) is 0 Å². The maximum absolute atomic E-state index is 4.08. The van der Waals surface area contributed by atoms with Crippen LogP contribution in [0.1, 0.15) is 0 Å². The van der Waals surface area contributed by atoms with E-state index in [1.807, 2.05) is 31.0 Å². The first kappa shape index (κ1) is 4.91. The molecule has 0 N–H and O–H groups in total. The Labute approximate surface area is 49.2 Å². The Hall–Kier alpha value is -0.235. The molecule has 0 radical (unpaired) electrons. The molecule has 0 aliphatic carbocycles. The zero-order valence-electron chi connectivity index (χ0n) is 3.83. The minimum absolute atomic E-state index is 1.02. The maximum atomic E-state index is 4.08. The number of hydrogen-bond donors (Lipinski definition) is 1. The van der Waals surface area contributed by atoms with Gasteiger partial charge in [-0.05, 0) is 0 Å². The average Bonchev–Trinajstić information content (AvgIpc) is 1.69. The fraction of sp³-hybridized carbons (Fsp3) is 0. The van der Waals surface area contributed by atoms with Crippen LogP contribution in [0.5, 0.6) is 0 Å². The van der Waals surface area contributed by atoms with Gasteiger partial charge in [-0.15, -0.1) is 0 Å². The van der Waals surface area contributed by atoms with Crippen molar-refractivity contribution in [3.8, 4) is 0 Å². The fourth-order valence-corrected chi connectivity index (χ4v) is 0.600. The van der Waals surface area contributed by atoms with Crippen molar-refractivity contribution in [2.45, 2.75) is 4.90 Å². The monoisotopic (exact) mass is 108 g/mol. The summed E-state index contributed by atoms with van der Waals surface area (Å²) in [4.78, 5) is 1.02. The van der Waals surface area contributed by atoms with Crippen LogP contribution in [0.2, 0.25) is 0 Å². The normalized spacial score (nSPS) is 8.14. The summed E-state index contributed by atoms with van der Waals surface area (Å²) in [5.41, 5.74) is 0. The summed E-state index contributed by atoms with van der Waals surface area (Å²) in [6.45, 7) is 1.97. The number of rotatable bonds is 0. The van der Waals surface area contributed by atoms with Gasteiger partial charge in [-0.25, -0.2) is 0 Å². The van der Waals surface area contributed by atoms with Crippen LogP contribution in [0.15, 0.2) is 29.0 Å². The predicted molar refractivity (Wildman–Crippen MR) is 35.0 cm³/mol. The van der Waals surface area contributed by atoms with Gasteiger partial charge in [-0.1, -0.05) is 0 Å². The molecule has 0 nitrogen and oxygen atoms in total. The van der Waals surface area contributed by atoms with Crippen LogP contribution < -0.4 is 0 Å². The molecule has 0 saturated heterocycles. The summed E-state index contributed by atoms with van der Waals surface area (Å²) in [5.74, 6) is 3.92. The second kappa shape index (κ2) is 2.17. The van der Waals surface area contributed by atoms with Crippen LogP contribution in [0.3, 0.4) is 0 Å². The Kier molecular flexibility index (Phi) is 1.52. The van der Waals surface area contributed by atoms with Crippen molar-refractivity contribution in [1.82, 2.24) is 0 Å². The van der Waals surface area contributed by atoms with E-state index in [-0.39, 0.29) is 0 Å². The Balaban J connectivity index is 3.02. The molecule has 34 valence electrons. The second-order valence-electron chi connectivity index (χ2n) is 1.34. The van der Waals surface area contributed by atoms with Crippen molar-refractivity contribution in [3.05, 3.63) is 24.1 Å². The third-order valence-electron chi connectivity index (χ3n) is 0.756. The Morgan fingerprint density at radius 1 is 1.29 bits per heavy atom. The summed E-state index contributed by atoms with van der Waals surface area (Å²) in [6.07, 6.45) is 0. The van der Waals surface area contributed by atoms with Gasteiger partial charge in [-0.3, -0.25) is 0 Å². The first-order valence-corrected chi connectivity index (χ1v) is 2.58. The molecule has 0 aliphatic rings. The van der Waals surface area contributed by atoms with Gasteiger partial charge in [-0.2, -0.15) is 0 Å². The van der Waals surface area contributed by atoms with E-state index in [0.29, 0.717) is 0 Å². The van der Waals surface area contributed by atoms with Crippen molar-refractivity contribution in [1.29, 1.82) is 0 Å². The van der Waals surface area contributed by atoms with Crippen LogP contribution in [-0.4, -0.2) is 6.91 Å². The van der Waals surface area contributed by atoms with Gasteiger partial charge < -0.3 is 0 Å². The third-order valence-corrected chi connectivity index (χ3v) is 1.05. The van der Waals surface area contributed by atoms with E-state index in [1.165, 1.54) is 0 Å². The van der Waals surface area contributed by atoms with Crippen molar-refractivity contribution in [2.24, 2.45) is 0 Å². The van der Waals surface area contributed by atoms with Gasteiger partial charge in [0.15, 0.2) is 0 Å². The summed E-state index contributed by atoms with van der Waals surface area (Å²) in [5, 5.41) is 0. The number of thiol groups is 1. The molecular formula is C5H5BS. The molecule has 1 rings (SSSR count). The molecule has 0 spiro atoms. The van der Waals surface area contributed by atoms with E-state index in [1.54, 1.807) is 0 Å². The third kappa shape index (κ3) is 1.36. The van der Waals surface area contributed by atoms with E-state index in [9.17, 15) is 0 Å². The van der Waals surface area contributed by atoms with Crippen molar-refractivity contribution >= 4 is 19.5 Å². The van der Waals surface area contributed by atoms with E-state index >= 15 is 0 Å². The summed E-state index contributed by atoms with van der Waals surface area (Å²) < 4.78 is 0. The molecule has 2 heteroatoms. The van der Waals surface area contributed by atoms with Gasteiger partial charge >= 0.3 is 48.5 Å². The predicted octanol–water partition coefficient (Wildman–Crippen LogP) is 1.31. The van der Waals surface area contributed by atoms with Gasteiger partial charge in [0.05, 0.1) is 0 Å². The first-order valence-electron chi connectivity index (χ1n) is 2.13. The van der Waals surface area contributed by atoms with E-state index in [0.717, 1.165) is 4.90 Å². The van der Waals surface area contributed by atoms with E-state index in [4.69, 9.17) is 0 Å². The van der Waals surface area contributed by atoms with Crippen LogP contribution >= 0.6 is 12.6 Å². The summed E-state index contributed by atoms with van der Waals surface area (Å²) in [7, 11) is 0. The number of hydrogen-bond acceptors (Lipinski definition) is 1. The van der Waals surface area contributed by atoms with Gasteiger partial charge in [0.25, 0.3) is 0 Å². The Morgan fingerprint density at radius 3 is 2.14 bits per heavy atom. The quantitative estimate of drug-likeness (QED) is 0.476. The zero-order valence-corrected chi connectivity index (χ0v) is 4.73. The van der Waals surface area contributed by atoms with Crippen LogP contribution in [0, 0.1) is 0 Å². The molecule has 0 aromatic carbocycles. The van der Waals surface area contributed by atoms with E-state index in [2.05, 4.69) is 12.6 Å². The molecule has 0 aliphatic heterocycles. The molecule has 0 fully saturated rings. The van der Waals surface area contributed by atoms with Crippen LogP contribution in [-0.2, 0) is 0 Å². The standard InChI is InChI=1S/C5H5BS/c7-5-1-3-6-4-2-5/h1-4,7H. The zero-order chi connectivity index (χ0) is 5.11. The van der Waals surface area contributed by atoms with Crippen LogP contribution in [0.4, 0.5) is 0 Å². The molecule has 0 atom stereocenters. The first-order chi connectivity index (χ1) is 3.39. The molecule has 1 aromatic heterocycles. The topological polar surface area (TPSA) is 0 Å². The van der Waals surface area contributed by atoms with Gasteiger partial charge in [0.1, 0.15) is 0 Å². The molecular weight excluding hydrogens is 103 g/mol. The molecule has 0 bridgehead atoms. The summed E-state index contributed by atoms with van der Waals surface area (Å²) in [6, 6.07) is 3.90. The van der Waals surface area contributed by atoms with Crippen molar-refractivity contribution < 1.29 is 0 Å². The minimum atomic E-state index is 1.02. The molecule has 1 aromatic rings. The van der Waals surface area contributed by atoms with Crippen molar-refractivity contribution in [2.75, 3.05) is 0 Å². The molecule has 7 heavy (non-hydrogen) atoms. The van der Waals surface area contributed by atoms with Gasteiger partial charge in [0.2, 0.25) is 0 Å². The second-order valence-corrected chi connectivity index (χ2v) is 1.85. The summed E-state index contributed by atoms with van der Waals surface area (Å²) >= 11 is 4.08. The Morgan fingerprint density at radius 2 is 1.86 bits per heavy atom. The van der Waals surface area contributed by atoms with E-state index < -0.39 is 0 Å². The molecule has 0 unspecified atom stereocenters.